The van der Waals surface area contributed by atoms with Crippen molar-refractivity contribution in [1.29, 1.82) is 0 Å². The van der Waals surface area contributed by atoms with Gasteiger partial charge in [0.1, 0.15) is 0 Å². The molecule has 1 saturated heterocycles. The first-order valence-corrected chi connectivity index (χ1v) is 0.779. The zero-order valence-electron chi connectivity index (χ0n) is 1.72. The topological polar surface area (TPSA) is 52.6 Å². The van der Waals surface area contributed by atoms with Crippen LogP contribution in [0.5, 0.6) is 0 Å². The third-order valence-corrected chi connectivity index (χ3v) is 0.151. The van der Waals surface area contributed by atoms with Gasteiger partial charge in [-0.1, -0.05) is 0 Å². The fourth-order valence-electron chi connectivity index (χ4n) is 0.0170. The van der Waals surface area contributed by atoms with Gasteiger partial charge < -0.3 is 5.21 Å². The van der Waals surface area contributed by atoms with Crippen molar-refractivity contribution in [2.75, 3.05) is 0 Å². The number of quaternary nitrogens is 1. The Balaban J connectivity index is 2.17. The number of hydrogen-bond acceptors (Lipinski definition) is 3. The maximum Gasteiger partial charge on any atom is 0.0610 e. The molecule has 4 heteroatoms. The van der Waals surface area contributed by atoms with Gasteiger partial charge in [-0.05, 0) is 5.39 Å². The van der Waals surface area contributed by atoms with E-state index < -0.39 is 5.39 Å². The van der Waals surface area contributed by atoms with Crippen molar-refractivity contribution in [2.45, 2.75) is 0 Å². The molecule has 4 nitrogen and oxygen atoms in total. The second-order valence-corrected chi connectivity index (χ2v) is 0.417. The molecule has 1 N–H and O–H groups in total. The first-order valence-electron chi connectivity index (χ1n) is 0.779. The maximum atomic E-state index is 9.11. The van der Waals surface area contributed by atoms with E-state index in [4.69, 9.17) is 5.21 Å². The summed E-state index contributed by atoms with van der Waals surface area (Å²) in [6.45, 7) is 0. The van der Waals surface area contributed by atoms with E-state index in [1.165, 1.54) is 0 Å². The average Bonchev–Trinajstić information content (AvgIpc) is 1.75. The van der Waals surface area contributed by atoms with Gasteiger partial charge in [-0.2, -0.15) is 0 Å². The Morgan fingerprint density at radius 1 is 1.50 bits per heavy atom. The summed E-state index contributed by atoms with van der Waals surface area (Å²) in [4.78, 5) is 7.14. The second-order valence-electron chi connectivity index (χ2n) is 0.417. The van der Waals surface area contributed by atoms with Crippen molar-refractivity contribution < 1.29 is 15.4 Å². The van der Waals surface area contributed by atoms with Gasteiger partial charge in [0.05, 0.1) is 9.98 Å². The average molecular weight is 63.0 g/mol. The summed E-state index contributed by atoms with van der Waals surface area (Å²) in [5, 5.41) is 8.53. The Labute approximate surface area is 21.9 Å². The van der Waals surface area contributed by atoms with Crippen molar-refractivity contribution >= 4 is 0 Å². The lowest BCUT2D eigenvalue weighted by atomic mass is 13.1. The monoisotopic (exact) mass is 63.0 g/mol. The van der Waals surface area contributed by atoms with Crippen molar-refractivity contribution in [3.05, 3.63) is 5.21 Å². The molecular weight excluding hydrogens is 62.0 g/mol. The van der Waals surface area contributed by atoms with Gasteiger partial charge in [0.15, 0.2) is 0 Å². The Hall–Kier alpha value is -0.160. The van der Waals surface area contributed by atoms with Crippen LogP contribution in [-0.4, -0.2) is 0 Å². The van der Waals surface area contributed by atoms with Gasteiger partial charge in [-0.25, -0.2) is 0 Å². The lowest BCUT2D eigenvalue weighted by molar-refractivity contribution is -0.903. The zero-order valence-corrected chi connectivity index (χ0v) is 1.72. The van der Waals surface area contributed by atoms with Gasteiger partial charge in [0, 0.05) is 0 Å². The van der Waals surface area contributed by atoms with Gasteiger partial charge in [0.25, 0.3) is 0 Å². The van der Waals surface area contributed by atoms with Crippen LogP contribution in [0.1, 0.15) is 0 Å². The molecule has 0 aromatic heterocycles. The maximum absolute atomic E-state index is 9.11. The van der Waals surface area contributed by atoms with Crippen LogP contribution >= 0.6 is 0 Å². The highest BCUT2D eigenvalue weighted by molar-refractivity contribution is 3.76. The van der Waals surface area contributed by atoms with Crippen molar-refractivity contribution in [2.24, 2.45) is 0 Å². The third kappa shape index (κ3) is 0.161. The molecule has 1 rings (SSSR count). The fraction of sp³-hybridized carbons (Fsp3) is 0. The van der Waals surface area contributed by atoms with E-state index in [-0.39, 0.29) is 0 Å². The molecule has 0 atom stereocenters. The molecule has 0 aromatic carbocycles. The zero-order chi connectivity index (χ0) is 2.99. The molecule has 0 amide bonds. The van der Waals surface area contributed by atoms with Gasteiger partial charge >= 0.3 is 0 Å². The summed E-state index contributed by atoms with van der Waals surface area (Å²) in [7, 11) is 0. The predicted molar refractivity (Wildman–Crippen MR) is 6.50 cm³/mol. The fourth-order valence-corrected chi connectivity index (χ4v) is 0.0170. The van der Waals surface area contributed by atoms with Gasteiger partial charge in [-0.15, -0.1) is 0 Å². The van der Waals surface area contributed by atoms with Crippen LogP contribution in [0.4, 0.5) is 0 Å². The lowest BCUT2D eigenvalue weighted by Crippen LogP contribution is -2.83. The lowest BCUT2D eigenvalue weighted by Gasteiger charge is -1.65. The molecule has 1 aliphatic heterocycles. The molecule has 24 valence electrons. The first kappa shape index (κ1) is 2.10. The molecule has 1 heterocycles. The summed E-state index contributed by atoms with van der Waals surface area (Å²) in [5.74, 6) is 0. The third-order valence-electron chi connectivity index (χ3n) is 0.151. The van der Waals surface area contributed by atoms with E-state index >= 15 is 0 Å². The molecule has 0 unspecified atom stereocenters. The van der Waals surface area contributed by atoms with Crippen LogP contribution in [0, 0.1) is 5.21 Å². The minimum absolute atomic E-state index is 0.583. The van der Waals surface area contributed by atoms with Crippen LogP contribution in [0.3, 0.4) is 0 Å². The predicted octanol–water partition coefficient (Wildman–Crippen LogP) is -1.84. The molecule has 4 heavy (non-hydrogen) atoms. The molecule has 0 saturated carbocycles. The SMILES string of the molecule is [O-][NH+]1OO1. The standard InChI is InChI=1S/HNO3/c2-1-3-4-1/h1H. The van der Waals surface area contributed by atoms with Gasteiger partial charge in [-0.3, -0.25) is 0 Å². The molecule has 0 radical (unpaired) electrons. The molecule has 0 aliphatic carbocycles. The highest BCUT2D eigenvalue weighted by Crippen LogP contribution is 1.61. The first-order chi connectivity index (χ1) is 1.89. The highest BCUT2D eigenvalue weighted by atomic mass is 17.7. The van der Waals surface area contributed by atoms with Gasteiger partial charge in [0.2, 0.25) is 0 Å². The summed E-state index contributed by atoms with van der Waals surface area (Å²) in [6.07, 6.45) is 0. The molecular formula is HNO3. The summed E-state index contributed by atoms with van der Waals surface area (Å²) >= 11 is 0. The van der Waals surface area contributed by atoms with Crippen LogP contribution in [0.15, 0.2) is 0 Å². The van der Waals surface area contributed by atoms with Crippen LogP contribution in [0.2, 0.25) is 0 Å². The molecule has 0 aromatic rings. The minimum Gasteiger partial charge on any atom is -0.561 e. The normalized spacial score (nSPS) is 26.2. The molecule has 1 aliphatic rings. The van der Waals surface area contributed by atoms with E-state index in [1.54, 1.807) is 0 Å². The van der Waals surface area contributed by atoms with Crippen molar-refractivity contribution in [3.63, 3.8) is 0 Å². The van der Waals surface area contributed by atoms with Crippen LogP contribution < -0.4 is 5.39 Å². The second kappa shape index (κ2) is 0.410. The quantitative estimate of drug-likeness (QED) is 0.204. The summed E-state index contributed by atoms with van der Waals surface area (Å²) in [6, 6.07) is 0. The van der Waals surface area contributed by atoms with Crippen molar-refractivity contribution in [1.82, 2.24) is 0 Å². The molecule has 0 spiro atoms. The van der Waals surface area contributed by atoms with Crippen LogP contribution in [-0.2, 0) is 9.98 Å². The van der Waals surface area contributed by atoms with Crippen LogP contribution in [0.25, 0.3) is 0 Å². The number of rotatable bonds is 0. The summed E-state index contributed by atoms with van der Waals surface area (Å²) in [5.41, 5.74) is 0. The molecule has 0 bridgehead atoms. The van der Waals surface area contributed by atoms with E-state index in [1.807, 2.05) is 0 Å². The Kier molecular flexibility index (Phi) is 0.216. The molecule has 1 fully saturated rings. The highest BCUT2D eigenvalue weighted by Gasteiger charge is 2.17. The largest absolute Gasteiger partial charge is 0.561 e. The Morgan fingerprint density at radius 3 is 1.75 bits per heavy atom. The van der Waals surface area contributed by atoms with E-state index in [2.05, 4.69) is 9.98 Å². The Bertz CT molecular complexity index is 22.5. The van der Waals surface area contributed by atoms with E-state index in [0.717, 1.165) is 0 Å². The number of hydrogen-bond donors (Lipinski definition) is 1. The van der Waals surface area contributed by atoms with E-state index in [0.29, 0.717) is 0 Å². The summed E-state index contributed by atoms with van der Waals surface area (Å²) < 4.78 is 0. The van der Waals surface area contributed by atoms with E-state index in [9.17, 15) is 0 Å². The number of nitrogens with one attached hydrogen (secondary N) is 1. The van der Waals surface area contributed by atoms with Crippen molar-refractivity contribution in [3.8, 4) is 0 Å². The smallest absolute Gasteiger partial charge is 0.0610 e. The Morgan fingerprint density at radius 2 is 1.75 bits per heavy atom. The minimum atomic E-state index is -0.583.